The quantitative estimate of drug-likeness (QED) is 0.369. The molecule has 0 saturated carbocycles. The molecule has 0 aliphatic heterocycles. The molecule has 1 rings (SSSR count). The zero-order valence-corrected chi connectivity index (χ0v) is 12.1. The van der Waals surface area contributed by atoms with Crippen LogP contribution in [0.25, 0.3) is 0 Å². The summed E-state index contributed by atoms with van der Waals surface area (Å²) < 4.78 is 4.67. The van der Waals surface area contributed by atoms with Crippen molar-refractivity contribution in [2.45, 2.75) is 6.92 Å². The van der Waals surface area contributed by atoms with Crippen molar-refractivity contribution in [1.82, 2.24) is 0 Å². The molecular weight excluding hydrogens is 314 g/mol. The minimum atomic E-state index is -1.32. The second-order valence-corrected chi connectivity index (χ2v) is 4.64. The molecule has 0 bridgehead atoms. The Morgan fingerprint density at radius 2 is 2.18 bits per heavy atom. The highest BCUT2D eigenvalue weighted by Gasteiger charge is 2.25. The molecule has 1 atom stereocenters. The molecule has 0 aromatic heterocycles. The molecule has 0 aliphatic rings. The largest absolute Gasteiger partial charge is 0.454 e. The molecule has 1 aromatic rings. The van der Waals surface area contributed by atoms with Crippen LogP contribution in [-0.2, 0) is 9.53 Å². The van der Waals surface area contributed by atoms with E-state index in [0.717, 1.165) is 12.1 Å². The third-order valence-electron chi connectivity index (χ3n) is 2.60. The molecule has 0 spiro atoms. The highest BCUT2D eigenvalue weighted by Crippen LogP contribution is 2.23. The Balaban J connectivity index is 2.89. The van der Waals surface area contributed by atoms with Gasteiger partial charge < -0.3 is 10.1 Å². The fraction of sp³-hybridized carbons (Fsp3) is 0.231. The van der Waals surface area contributed by atoms with Crippen LogP contribution in [0.4, 0.5) is 5.69 Å². The summed E-state index contributed by atoms with van der Waals surface area (Å²) in [7, 11) is 0. The van der Waals surface area contributed by atoms with Crippen molar-refractivity contribution in [3.63, 3.8) is 0 Å². The number of nitro groups is 1. The first-order valence-corrected chi connectivity index (χ1v) is 6.24. The number of nitrogens with one attached hydrogen (secondary N) is 1. The third-order valence-corrected chi connectivity index (χ3v) is 2.84. The zero-order chi connectivity index (χ0) is 16.9. The molecule has 22 heavy (non-hydrogen) atoms. The minimum Gasteiger partial charge on any atom is -0.454 e. The lowest BCUT2D eigenvalue weighted by molar-refractivity contribution is -0.385. The van der Waals surface area contributed by atoms with E-state index in [1.54, 1.807) is 6.07 Å². The van der Waals surface area contributed by atoms with Crippen LogP contribution >= 0.6 is 11.6 Å². The lowest BCUT2D eigenvalue weighted by atomic mass is 10.0. The molecule has 1 unspecified atom stereocenters. The average Bonchev–Trinajstić information content (AvgIpc) is 2.44. The lowest BCUT2D eigenvalue weighted by Gasteiger charge is -2.08. The van der Waals surface area contributed by atoms with E-state index in [0.29, 0.717) is 0 Å². The Hall–Kier alpha value is -2.79. The molecule has 9 heteroatoms. The summed E-state index contributed by atoms with van der Waals surface area (Å²) in [5, 5.41) is 26.9. The number of nitro benzene ring substituents is 1. The summed E-state index contributed by atoms with van der Waals surface area (Å²) in [6, 6.07) is 4.94. The normalized spacial score (nSPS) is 11.1. The number of ketones is 1. The van der Waals surface area contributed by atoms with E-state index in [-0.39, 0.29) is 10.7 Å². The van der Waals surface area contributed by atoms with Gasteiger partial charge in [0.1, 0.15) is 11.5 Å². The van der Waals surface area contributed by atoms with Gasteiger partial charge in [-0.3, -0.25) is 14.9 Å². The van der Waals surface area contributed by atoms with Gasteiger partial charge >= 0.3 is 5.97 Å². The second kappa shape index (κ2) is 7.28. The van der Waals surface area contributed by atoms with Crippen molar-refractivity contribution >= 4 is 34.8 Å². The van der Waals surface area contributed by atoms with Crippen molar-refractivity contribution in [2.24, 2.45) is 5.92 Å². The number of benzene rings is 1. The molecule has 0 aliphatic carbocycles. The first-order valence-electron chi connectivity index (χ1n) is 5.86. The van der Waals surface area contributed by atoms with Crippen LogP contribution < -0.4 is 0 Å². The molecule has 0 heterocycles. The summed E-state index contributed by atoms with van der Waals surface area (Å²) in [6.45, 7) is 0.506. The lowest BCUT2D eigenvalue weighted by Crippen LogP contribution is -2.25. The molecule has 114 valence electrons. The summed E-state index contributed by atoms with van der Waals surface area (Å²) >= 11 is 5.67. The number of carbonyl (C=O) groups excluding carboxylic acids is 2. The fourth-order valence-electron chi connectivity index (χ4n) is 1.54. The Labute approximate surface area is 129 Å². The fourth-order valence-corrected chi connectivity index (χ4v) is 1.71. The van der Waals surface area contributed by atoms with Crippen LogP contribution in [0.3, 0.4) is 0 Å². The Bertz CT molecular complexity index is 695. The number of hydrogen-bond acceptors (Lipinski definition) is 7. The van der Waals surface area contributed by atoms with Crippen molar-refractivity contribution in [1.29, 1.82) is 10.7 Å². The molecule has 0 saturated heterocycles. The van der Waals surface area contributed by atoms with E-state index in [2.05, 4.69) is 4.74 Å². The Morgan fingerprint density at radius 1 is 1.55 bits per heavy atom. The van der Waals surface area contributed by atoms with Crippen molar-refractivity contribution in [3.05, 3.63) is 38.9 Å². The van der Waals surface area contributed by atoms with E-state index in [1.165, 1.54) is 13.0 Å². The first kappa shape index (κ1) is 17.3. The van der Waals surface area contributed by atoms with Gasteiger partial charge in [-0.1, -0.05) is 11.6 Å². The zero-order valence-electron chi connectivity index (χ0n) is 11.3. The summed E-state index contributed by atoms with van der Waals surface area (Å²) in [5.74, 6) is -3.21. The maximum absolute atomic E-state index is 11.8. The third kappa shape index (κ3) is 4.10. The van der Waals surface area contributed by atoms with E-state index in [4.69, 9.17) is 22.3 Å². The van der Waals surface area contributed by atoms with Gasteiger partial charge in [0, 0.05) is 16.8 Å². The van der Waals surface area contributed by atoms with E-state index in [9.17, 15) is 19.7 Å². The van der Waals surface area contributed by atoms with E-state index in [1.807, 2.05) is 0 Å². The maximum atomic E-state index is 11.8. The molecule has 8 nitrogen and oxygen atoms in total. The van der Waals surface area contributed by atoms with Crippen molar-refractivity contribution < 1.29 is 19.2 Å². The highest BCUT2D eigenvalue weighted by atomic mass is 35.5. The number of rotatable bonds is 6. The molecular formula is C13H10ClN3O5. The number of nitrogens with zero attached hydrogens (tertiary/aromatic N) is 2. The molecule has 1 aromatic carbocycles. The number of carbonyl (C=O) groups is 2. The van der Waals surface area contributed by atoms with Crippen LogP contribution in [0.2, 0.25) is 5.02 Å². The monoisotopic (exact) mass is 323 g/mol. The van der Waals surface area contributed by atoms with Crippen LogP contribution in [0.15, 0.2) is 18.2 Å². The van der Waals surface area contributed by atoms with Gasteiger partial charge in [-0.05, 0) is 19.1 Å². The summed E-state index contributed by atoms with van der Waals surface area (Å²) in [4.78, 5) is 33.5. The molecule has 0 radical (unpaired) electrons. The van der Waals surface area contributed by atoms with E-state index >= 15 is 0 Å². The first-order chi connectivity index (χ1) is 10.3. The number of hydrogen-bond donors (Lipinski definition) is 1. The number of halogens is 1. The predicted octanol–water partition coefficient (Wildman–Crippen LogP) is 2.15. The SMILES string of the molecule is CC(=N)C(C#N)C(=O)COC(=O)c1cc(Cl)ccc1[N+](=O)[O-]. The second-order valence-electron chi connectivity index (χ2n) is 4.21. The van der Waals surface area contributed by atoms with Gasteiger partial charge in [0.25, 0.3) is 5.69 Å². The van der Waals surface area contributed by atoms with Crippen LogP contribution in [0, 0.1) is 32.8 Å². The number of Topliss-reactive ketones (excluding diaryl/α,β-unsaturated/α-hetero) is 1. The topological polar surface area (TPSA) is 134 Å². The minimum absolute atomic E-state index is 0.0918. The molecule has 0 amide bonds. The van der Waals surface area contributed by atoms with E-state index < -0.39 is 40.5 Å². The van der Waals surface area contributed by atoms with Gasteiger partial charge in [0.15, 0.2) is 12.4 Å². The smallest absolute Gasteiger partial charge is 0.345 e. The predicted molar refractivity (Wildman–Crippen MR) is 75.9 cm³/mol. The van der Waals surface area contributed by atoms with Crippen molar-refractivity contribution in [2.75, 3.05) is 6.61 Å². The summed E-state index contributed by atoms with van der Waals surface area (Å²) in [6.07, 6.45) is 0. The van der Waals surface area contributed by atoms with Crippen molar-refractivity contribution in [3.8, 4) is 6.07 Å². The Kier molecular flexibility index (Phi) is 5.72. The van der Waals surface area contributed by atoms with Gasteiger partial charge in [-0.2, -0.15) is 5.26 Å². The number of esters is 1. The Morgan fingerprint density at radius 3 is 2.68 bits per heavy atom. The van der Waals surface area contributed by atoms with Crippen LogP contribution in [0.1, 0.15) is 17.3 Å². The van der Waals surface area contributed by atoms with Crippen LogP contribution in [-0.4, -0.2) is 29.0 Å². The number of ether oxygens (including phenoxy) is 1. The summed E-state index contributed by atoms with van der Waals surface area (Å²) in [5.41, 5.74) is -1.09. The highest BCUT2D eigenvalue weighted by molar-refractivity contribution is 6.31. The maximum Gasteiger partial charge on any atom is 0.345 e. The average molecular weight is 324 g/mol. The molecule has 1 N–H and O–H groups in total. The molecule has 0 fully saturated rings. The van der Waals surface area contributed by atoms with Gasteiger partial charge in [-0.15, -0.1) is 0 Å². The van der Waals surface area contributed by atoms with Gasteiger partial charge in [0.05, 0.1) is 11.0 Å². The van der Waals surface area contributed by atoms with Gasteiger partial charge in [0.2, 0.25) is 0 Å². The standard InChI is InChI=1S/C13H10ClN3O5/c1-7(16)10(5-15)12(18)6-22-13(19)9-4-8(14)2-3-11(9)17(20)21/h2-4,10,16H,6H2,1H3. The number of nitriles is 1. The van der Waals surface area contributed by atoms with Crippen LogP contribution in [0.5, 0.6) is 0 Å². The van der Waals surface area contributed by atoms with Gasteiger partial charge in [-0.25, -0.2) is 4.79 Å².